The van der Waals surface area contributed by atoms with Crippen LogP contribution in [0.3, 0.4) is 0 Å². The lowest BCUT2D eigenvalue weighted by Crippen LogP contribution is -2.09. The number of rotatable bonds is 5. The lowest BCUT2D eigenvalue weighted by Gasteiger charge is -2.25. The second-order valence-corrected chi connectivity index (χ2v) is 6.46. The Morgan fingerprint density at radius 1 is 0.714 bits per heavy atom. The number of hydrogen-bond donors (Lipinski definition) is 0. The van der Waals surface area contributed by atoms with Gasteiger partial charge in [0.2, 0.25) is 0 Å². The first-order valence-corrected chi connectivity index (χ1v) is 8.53. The summed E-state index contributed by atoms with van der Waals surface area (Å²) < 4.78 is 0. The van der Waals surface area contributed by atoms with E-state index in [9.17, 15) is 0 Å². The van der Waals surface area contributed by atoms with Crippen LogP contribution in [-0.2, 0) is 0 Å². The van der Waals surface area contributed by atoms with Gasteiger partial charge in [-0.2, -0.15) is 0 Å². The molecule has 1 saturated carbocycles. The van der Waals surface area contributed by atoms with Crippen LogP contribution >= 0.6 is 0 Å². The van der Waals surface area contributed by atoms with Crippen molar-refractivity contribution in [2.45, 2.75) is 50.9 Å². The minimum Gasteiger partial charge on any atom is -0.0622 e. The van der Waals surface area contributed by atoms with E-state index in [4.69, 9.17) is 0 Å². The fraction of sp³-hybridized carbons (Fsp3) is 0.429. The normalized spacial score (nSPS) is 16.2. The zero-order chi connectivity index (χ0) is 14.3. The first-order chi connectivity index (χ1) is 10.4. The average Bonchev–Trinajstić information content (AvgIpc) is 2.58. The molecule has 0 amide bonds. The topological polar surface area (TPSA) is 0 Å². The minimum atomic E-state index is 0.564. The van der Waals surface area contributed by atoms with Crippen LogP contribution in [0.1, 0.15) is 62.0 Å². The predicted molar refractivity (Wildman–Crippen MR) is 90.5 cm³/mol. The van der Waals surface area contributed by atoms with Gasteiger partial charge in [-0.3, -0.25) is 0 Å². The van der Waals surface area contributed by atoms with Gasteiger partial charge >= 0.3 is 0 Å². The van der Waals surface area contributed by atoms with Crippen molar-refractivity contribution >= 4 is 0 Å². The molecule has 110 valence electrons. The number of hydrogen-bond acceptors (Lipinski definition) is 0. The summed E-state index contributed by atoms with van der Waals surface area (Å²) in [5.74, 6) is 1.53. The van der Waals surface area contributed by atoms with E-state index in [-0.39, 0.29) is 0 Å². The molecule has 0 aromatic heterocycles. The van der Waals surface area contributed by atoms with Gasteiger partial charge in [0.15, 0.2) is 0 Å². The van der Waals surface area contributed by atoms with Crippen molar-refractivity contribution in [1.29, 1.82) is 0 Å². The van der Waals surface area contributed by atoms with Crippen molar-refractivity contribution < 1.29 is 0 Å². The molecule has 21 heavy (non-hydrogen) atoms. The average molecular weight is 278 g/mol. The van der Waals surface area contributed by atoms with Gasteiger partial charge in [0.1, 0.15) is 0 Å². The zero-order valence-electron chi connectivity index (χ0n) is 12.9. The second kappa shape index (κ2) is 7.45. The van der Waals surface area contributed by atoms with Crippen molar-refractivity contribution in [1.82, 2.24) is 0 Å². The van der Waals surface area contributed by atoms with Crippen molar-refractivity contribution in [2.24, 2.45) is 5.92 Å². The Bertz CT molecular complexity index is 469. The lowest BCUT2D eigenvalue weighted by molar-refractivity contribution is 0.328. The monoisotopic (exact) mass is 278 g/mol. The van der Waals surface area contributed by atoms with Crippen LogP contribution in [0.5, 0.6) is 0 Å². The van der Waals surface area contributed by atoms with Gasteiger partial charge in [-0.15, -0.1) is 0 Å². The maximum absolute atomic E-state index is 2.29. The minimum absolute atomic E-state index is 0.564. The van der Waals surface area contributed by atoms with Gasteiger partial charge in [0.05, 0.1) is 0 Å². The van der Waals surface area contributed by atoms with Crippen molar-refractivity contribution in [3.05, 3.63) is 71.8 Å². The molecule has 0 saturated heterocycles. The SMILES string of the molecule is c1ccc(C(CCC2CCCCC2)c2ccccc2)cc1. The van der Waals surface area contributed by atoms with E-state index in [1.807, 2.05) is 0 Å². The fourth-order valence-electron chi connectivity index (χ4n) is 3.77. The Kier molecular flexibility index (Phi) is 5.10. The molecule has 0 unspecified atom stereocenters. The van der Waals surface area contributed by atoms with Gasteiger partial charge < -0.3 is 0 Å². The molecule has 2 aromatic rings. The molecule has 1 aliphatic rings. The van der Waals surface area contributed by atoms with Gasteiger partial charge in [-0.1, -0.05) is 92.8 Å². The summed E-state index contributed by atoms with van der Waals surface area (Å²) in [5, 5.41) is 0. The summed E-state index contributed by atoms with van der Waals surface area (Å²) in [6.07, 6.45) is 9.94. The highest BCUT2D eigenvalue weighted by atomic mass is 14.2. The Morgan fingerprint density at radius 3 is 1.76 bits per heavy atom. The van der Waals surface area contributed by atoms with E-state index < -0.39 is 0 Å². The third kappa shape index (κ3) is 3.97. The van der Waals surface area contributed by atoms with Crippen LogP contribution in [-0.4, -0.2) is 0 Å². The third-order valence-electron chi connectivity index (χ3n) is 4.99. The molecule has 0 bridgehead atoms. The van der Waals surface area contributed by atoms with E-state index in [0.29, 0.717) is 5.92 Å². The standard InChI is InChI=1S/C21H26/c1-4-10-18(11-5-1)16-17-21(19-12-6-2-7-13-19)20-14-8-3-9-15-20/h2-3,6-9,12-15,18,21H,1,4-5,10-11,16-17H2. The second-order valence-electron chi connectivity index (χ2n) is 6.46. The molecule has 0 nitrogen and oxygen atoms in total. The molecule has 1 fully saturated rings. The highest BCUT2D eigenvalue weighted by Gasteiger charge is 2.18. The largest absolute Gasteiger partial charge is 0.0622 e. The molecule has 0 spiro atoms. The van der Waals surface area contributed by atoms with Crippen molar-refractivity contribution in [3.8, 4) is 0 Å². The zero-order valence-corrected chi connectivity index (χ0v) is 12.9. The maximum atomic E-state index is 2.29. The molecule has 1 aliphatic carbocycles. The Hall–Kier alpha value is -1.56. The molecular formula is C21H26. The highest BCUT2D eigenvalue weighted by molar-refractivity contribution is 5.32. The van der Waals surface area contributed by atoms with E-state index in [0.717, 1.165) is 5.92 Å². The first kappa shape index (κ1) is 14.4. The first-order valence-electron chi connectivity index (χ1n) is 8.53. The summed E-state index contributed by atoms with van der Waals surface area (Å²) in [6.45, 7) is 0. The summed E-state index contributed by atoms with van der Waals surface area (Å²) >= 11 is 0. The van der Waals surface area contributed by atoms with E-state index in [1.165, 1.54) is 56.1 Å². The van der Waals surface area contributed by atoms with Crippen LogP contribution in [0.25, 0.3) is 0 Å². The molecule has 0 heteroatoms. The molecule has 0 aliphatic heterocycles. The Balaban J connectivity index is 1.73. The fourth-order valence-corrected chi connectivity index (χ4v) is 3.77. The van der Waals surface area contributed by atoms with Gasteiger partial charge in [0.25, 0.3) is 0 Å². The highest BCUT2D eigenvalue weighted by Crippen LogP contribution is 2.34. The molecule has 0 N–H and O–H groups in total. The van der Waals surface area contributed by atoms with Crippen LogP contribution in [0.2, 0.25) is 0 Å². The van der Waals surface area contributed by atoms with E-state index >= 15 is 0 Å². The van der Waals surface area contributed by atoms with Crippen LogP contribution in [0.4, 0.5) is 0 Å². The van der Waals surface area contributed by atoms with Crippen molar-refractivity contribution in [2.75, 3.05) is 0 Å². The van der Waals surface area contributed by atoms with Crippen LogP contribution in [0.15, 0.2) is 60.7 Å². The predicted octanol–water partition coefficient (Wildman–Crippen LogP) is 6.18. The Labute approximate surface area is 129 Å². The molecule has 3 rings (SSSR count). The van der Waals surface area contributed by atoms with E-state index in [2.05, 4.69) is 60.7 Å². The number of benzene rings is 2. The smallest absolute Gasteiger partial charge is 0.00894 e. The third-order valence-corrected chi connectivity index (χ3v) is 4.99. The molecule has 0 radical (unpaired) electrons. The van der Waals surface area contributed by atoms with Gasteiger partial charge in [-0.05, 0) is 29.9 Å². The van der Waals surface area contributed by atoms with Gasteiger partial charge in [0, 0.05) is 5.92 Å². The molecule has 0 heterocycles. The molecular weight excluding hydrogens is 252 g/mol. The van der Waals surface area contributed by atoms with Crippen molar-refractivity contribution in [3.63, 3.8) is 0 Å². The summed E-state index contributed by atoms with van der Waals surface area (Å²) in [4.78, 5) is 0. The molecule has 0 atom stereocenters. The Morgan fingerprint density at radius 2 is 1.24 bits per heavy atom. The van der Waals surface area contributed by atoms with E-state index in [1.54, 1.807) is 0 Å². The van der Waals surface area contributed by atoms with Crippen LogP contribution in [0, 0.1) is 5.92 Å². The molecule has 2 aromatic carbocycles. The lowest BCUT2D eigenvalue weighted by atomic mass is 9.81. The van der Waals surface area contributed by atoms with Crippen LogP contribution < -0.4 is 0 Å². The summed E-state index contributed by atoms with van der Waals surface area (Å²) in [7, 11) is 0. The summed E-state index contributed by atoms with van der Waals surface area (Å²) in [5.41, 5.74) is 2.94. The maximum Gasteiger partial charge on any atom is 0.00894 e. The summed E-state index contributed by atoms with van der Waals surface area (Å²) in [6, 6.07) is 22.1. The van der Waals surface area contributed by atoms with Gasteiger partial charge in [-0.25, -0.2) is 0 Å². The quantitative estimate of drug-likeness (QED) is 0.612.